The third kappa shape index (κ3) is 4.05. The van der Waals surface area contributed by atoms with Crippen LogP contribution >= 0.6 is 11.3 Å². The fraction of sp³-hybridized carbons (Fsp3) is 0.769. The van der Waals surface area contributed by atoms with E-state index in [1.54, 1.807) is 0 Å². The number of rotatable bonds is 4. The lowest BCUT2D eigenvalue weighted by Gasteiger charge is -2.34. The number of aryl methyl sites for hydroxylation is 1. The summed E-state index contributed by atoms with van der Waals surface area (Å²) in [5, 5.41) is 4.87. The highest BCUT2D eigenvalue weighted by Gasteiger charge is 2.20. The van der Waals surface area contributed by atoms with Gasteiger partial charge in [-0.15, -0.1) is 11.3 Å². The highest BCUT2D eigenvalue weighted by molar-refractivity contribution is 7.11. The van der Waals surface area contributed by atoms with Crippen molar-refractivity contribution in [3.63, 3.8) is 0 Å². The Morgan fingerprint density at radius 3 is 3.06 bits per heavy atom. The topological polar surface area (TPSA) is 28.2 Å². The highest BCUT2D eigenvalue weighted by atomic mass is 32.1. The van der Waals surface area contributed by atoms with Gasteiger partial charge in [0.2, 0.25) is 0 Å². The molecule has 0 aromatic carbocycles. The van der Waals surface area contributed by atoms with Crippen LogP contribution in [0, 0.1) is 12.8 Å². The van der Waals surface area contributed by atoms with Crippen molar-refractivity contribution in [3.05, 3.63) is 16.1 Å². The number of thiazole rings is 1. The second-order valence-corrected chi connectivity index (χ2v) is 6.70. The molecule has 1 fully saturated rings. The van der Waals surface area contributed by atoms with Gasteiger partial charge >= 0.3 is 0 Å². The molecule has 0 amide bonds. The number of aromatic nitrogens is 1. The van der Waals surface area contributed by atoms with Gasteiger partial charge in [0.25, 0.3) is 0 Å². The van der Waals surface area contributed by atoms with Crippen LogP contribution in [0.25, 0.3) is 0 Å². The Bertz CT molecular complexity index is 348. The molecule has 1 unspecified atom stereocenters. The van der Waals surface area contributed by atoms with E-state index in [0.29, 0.717) is 6.04 Å². The van der Waals surface area contributed by atoms with Crippen molar-refractivity contribution in [1.29, 1.82) is 0 Å². The molecule has 2 rings (SSSR count). The summed E-state index contributed by atoms with van der Waals surface area (Å²) in [7, 11) is 0. The van der Waals surface area contributed by atoms with Crippen LogP contribution in [0.15, 0.2) is 6.20 Å². The molecule has 1 saturated heterocycles. The number of piperazine rings is 1. The van der Waals surface area contributed by atoms with Crippen LogP contribution in [0.4, 0.5) is 0 Å². The Kier molecular flexibility index (Phi) is 4.54. The van der Waals surface area contributed by atoms with E-state index >= 15 is 0 Å². The first-order valence-corrected chi connectivity index (χ1v) is 7.32. The maximum absolute atomic E-state index is 4.45. The third-order valence-electron chi connectivity index (χ3n) is 3.12. The summed E-state index contributed by atoms with van der Waals surface area (Å²) >= 11 is 1.82. The fourth-order valence-electron chi connectivity index (χ4n) is 2.43. The zero-order chi connectivity index (χ0) is 12.3. The second kappa shape index (κ2) is 5.94. The van der Waals surface area contributed by atoms with Crippen LogP contribution in [0.2, 0.25) is 0 Å². The Labute approximate surface area is 108 Å². The summed E-state index contributed by atoms with van der Waals surface area (Å²) in [6.45, 7) is 11.2. The first kappa shape index (κ1) is 13.0. The largest absolute Gasteiger partial charge is 0.311 e. The molecule has 4 heteroatoms. The van der Waals surface area contributed by atoms with Gasteiger partial charge in [-0.3, -0.25) is 4.90 Å². The van der Waals surface area contributed by atoms with E-state index in [1.165, 1.54) is 16.3 Å². The van der Waals surface area contributed by atoms with Gasteiger partial charge in [0.1, 0.15) is 5.01 Å². The molecule has 0 spiro atoms. The molecule has 96 valence electrons. The highest BCUT2D eigenvalue weighted by Crippen LogP contribution is 2.16. The summed E-state index contributed by atoms with van der Waals surface area (Å²) in [6.07, 6.45) is 3.25. The quantitative estimate of drug-likeness (QED) is 0.892. The Morgan fingerprint density at radius 1 is 1.59 bits per heavy atom. The van der Waals surface area contributed by atoms with Crippen molar-refractivity contribution in [3.8, 4) is 0 Å². The second-order valence-electron chi connectivity index (χ2n) is 5.38. The van der Waals surface area contributed by atoms with Crippen molar-refractivity contribution in [2.24, 2.45) is 5.92 Å². The molecule has 1 atom stereocenters. The average Bonchev–Trinajstić information content (AvgIpc) is 2.63. The molecule has 0 aliphatic carbocycles. The zero-order valence-electron chi connectivity index (χ0n) is 11.1. The van der Waals surface area contributed by atoms with E-state index in [0.717, 1.165) is 32.1 Å². The molecule has 17 heavy (non-hydrogen) atoms. The summed E-state index contributed by atoms with van der Waals surface area (Å²) in [5.41, 5.74) is 0. The van der Waals surface area contributed by atoms with Crippen LogP contribution in [-0.4, -0.2) is 35.6 Å². The van der Waals surface area contributed by atoms with Gasteiger partial charge in [0.15, 0.2) is 0 Å². The van der Waals surface area contributed by atoms with Crippen molar-refractivity contribution >= 4 is 11.3 Å². The van der Waals surface area contributed by atoms with E-state index in [2.05, 4.69) is 36.0 Å². The molecule has 1 N–H and O–H groups in total. The van der Waals surface area contributed by atoms with Gasteiger partial charge in [-0.1, -0.05) is 13.8 Å². The predicted octanol–water partition coefficient (Wildman–Crippen LogP) is 2.27. The number of nitrogens with one attached hydrogen (secondary N) is 1. The fourth-order valence-corrected chi connectivity index (χ4v) is 3.26. The number of hydrogen-bond donors (Lipinski definition) is 1. The van der Waals surface area contributed by atoms with E-state index in [9.17, 15) is 0 Å². The van der Waals surface area contributed by atoms with E-state index < -0.39 is 0 Å². The molecule has 3 nitrogen and oxygen atoms in total. The molecular formula is C13H23N3S. The van der Waals surface area contributed by atoms with E-state index in [1.807, 2.05) is 17.5 Å². The Hall–Kier alpha value is -0.450. The van der Waals surface area contributed by atoms with Crippen molar-refractivity contribution < 1.29 is 0 Å². The van der Waals surface area contributed by atoms with Crippen molar-refractivity contribution in [2.45, 2.75) is 39.8 Å². The van der Waals surface area contributed by atoms with Gasteiger partial charge in [-0.25, -0.2) is 4.98 Å². The van der Waals surface area contributed by atoms with E-state index in [4.69, 9.17) is 0 Å². The van der Waals surface area contributed by atoms with Gasteiger partial charge in [-0.2, -0.15) is 0 Å². The van der Waals surface area contributed by atoms with Gasteiger partial charge in [0, 0.05) is 36.8 Å². The first-order chi connectivity index (χ1) is 8.13. The summed E-state index contributed by atoms with van der Waals surface area (Å²) in [4.78, 5) is 8.30. The minimum absolute atomic E-state index is 0.657. The smallest absolute Gasteiger partial charge is 0.107 e. The molecule has 1 aliphatic rings. The standard InChI is InChI=1S/C13H23N3S/c1-10(2)6-12-8-16(5-4-14-12)9-13-15-7-11(3)17-13/h7,10,12,14H,4-6,8-9H2,1-3H3. The lowest BCUT2D eigenvalue weighted by molar-refractivity contribution is 0.179. The lowest BCUT2D eigenvalue weighted by atomic mass is 10.0. The maximum atomic E-state index is 4.45. The molecule has 1 aliphatic heterocycles. The third-order valence-corrected chi connectivity index (χ3v) is 4.02. The SMILES string of the molecule is Cc1cnc(CN2CCNC(CC(C)C)C2)s1. The van der Waals surface area contributed by atoms with Crippen LogP contribution < -0.4 is 5.32 Å². The zero-order valence-corrected chi connectivity index (χ0v) is 11.9. The van der Waals surface area contributed by atoms with Gasteiger partial charge in [0.05, 0.1) is 6.54 Å². The van der Waals surface area contributed by atoms with Gasteiger partial charge in [-0.05, 0) is 19.3 Å². The summed E-state index contributed by atoms with van der Waals surface area (Å²) < 4.78 is 0. The van der Waals surface area contributed by atoms with Crippen LogP contribution in [0.1, 0.15) is 30.2 Å². The molecule has 1 aromatic heterocycles. The number of nitrogens with zero attached hydrogens (tertiary/aromatic N) is 2. The number of hydrogen-bond acceptors (Lipinski definition) is 4. The van der Waals surface area contributed by atoms with Crippen LogP contribution in [0.5, 0.6) is 0 Å². The molecular weight excluding hydrogens is 230 g/mol. The molecule has 0 saturated carbocycles. The molecule has 0 bridgehead atoms. The monoisotopic (exact) mass is 253 g/mol. The minimum atomic E-state index is 0.657. The van der Waals surface area contributed by atoms with Crippen LogP contribution in [0.3, 0.4) is 0 Å². The minimum Gasteiger partial charge on any atom is -0.311 e. The molecule has 1 aromatic rings. The molecule has 2 heterocycles. The first-order valence-electron chi connectivity index (χ1n) is 6.50. The normalized spacial score (nSPS) is 22.2. The lowest BCUT2D eigenvalue weighted by Crippen LogP contribution is -2.50. The summed E-state index contributed by atoms with van der Waals surface area (Å²) in [5.74, 6) is 0.773. The van der Waals surface area contributed by atoms with Gasteiger partial charge < -0.3 is 5.32 Å². The van der Waals surface area contributed by atoms with Crippen molar-refractivity contribution in [2.75, 3.05) is 19.6 Å². The van der Waals surface area contributed by atoms with E-state index in [-0.39, 0.29) is 0 Å². The Morgan fingerprint density at radius 2 is 2.41 bits per heavy atom. The average molecular weight is 253 g/mol. The molecule has 0 radical (unpaired) electrons. The van der Waals surface area contributed by atoms with Crippen molar-refractivity contribution in [1.82, 2.24) is 15.2 Å². The maximum Gasteiger partial charge on any atom is 0.107 e. The Balaban J connectivity index is 1.85. The summed E-state index contributed by atoms with van der Waals surface area (Å²) in [6, 6.07) is 0.657. The predicted molar refractivity (Wildman–Crippen MR) is 73.4 cm³/mol. The van der Waals surface area contributed by atoms with Crippen LogP contribution in [-0.2, 0) is 6.54 Å².